The molecule has 0 aromatic rings. The average Bonchev–Trinajstić information content (AvgIpc) is 2.82. The van der Waals surface area contributed by atoms with Crippen molar-refractivity contribution in [1.29, 1.82) is 0 Å². The van der Waals surface area contributed by atoms with E-state index in [0.29, 0.717) is 30.1 Å². The Morgan fingerprint density at radius 1 is 0.864 bits per heavy atom. The SMILES string of the molecule is C[C@@]12CCC[C@H]1[C@@H]1CCC3CC(O)(O)C(O)C[C@]3(C)[C@H]1CC2. The predicted octanol–water partition coefficient (Wildman–Crippen LogP) is 3.07. The molecule has 4 saturated carbocycles. The molecule has 3 nitrogen and oxygen atoms in total. The number of aliphatic hydroxyl groups is 3. The van der Waals surface area contributed by atoms with Crippen LogP contribution in [0.2, 0.25) is 0 Å². The Labute approximate surface area is 134 Å². The molecular weight excluding hydrogens is 276 g/mol. The largest absolute Gasteiger partial charge is 0.388 e. The van der Waals surface area contributed by atoms with E-state index in [2.05, 4.69) is 13.8 Å². The van der Waals surface area contributed by atoms with Crippen LogP contribution >= 0.6 is 0 Å². The summed E-state index contributed by atoms with van der Waals surface area (Å²) in [5.41, 5.74) is 0.663. The van der Waals surface area contributed by atoms with Crippen molar-refractivity contribution in [1.82, 2.24) is 0 Å². The Bertz CT molecular complexity index is 462. The molecule has 0 aromatic heterocycles. The quantitative estimate of drug-likeness (QED) is 0.603. The summed E-state index contributed by atoms with van der Waals surface area (Å²) in [7, 11) is 0. The fraction of sp³-hybridized carbons (Fsp3) is 1.00. The van der Waals surface area contributed by atoms with E-state index in [1.807, 2.05) is 0 Å². The van der Waals surface area contributed by atoms with E-state index in [1.165, 1.54) is 38.5 Å². The first-order valence-electron chi connectivity index (χ1n) is 9.39. The fourth-order valence-electron chi connectivity index (χ4n) is 7.26. The Hall–Kier alpha value is -0.120. The van der Waals surface area contributed by atoms with Crippen LogP contribution in [-0.2, 0) is 0 Å². The number of aliphatic hydroxyl groups excluding tert-OH is 1. The summed E-state index contributed by atoms with van der Waals surface area (Å²) in [6, 6.07) is 0. The molecule has 2 unspecified atom stereocenters. The van der Waals surface area contributed by atoms with Crippen LogP contribution in [0.4, 0.5) is 0 Å². The predicted molar refractivity (Wildman–Crippen MR) is 84.9 cm³/mol. The molecule has 0 amide bonds. The summed E-state index contributed by atoms with van der Waals surface area (Å²) in [6.07, 6.45) is 9.11. The van der Waals surface area contributed by atoms with Crippen molar-refractivity contribution in [2.75, 3.05) is 0 Å². The molecule has 0 spiro atoms. The zero-order chi connectivity index (χ0) is 15.8. The molecule has 0 heterocycles. The van der Waals surface area contributed by atoms with Crippen LogP contribution in [-0.4, -0.2) is 27.2 Å². The average molecular weight is 308 g/mol. The van der Waals surface area contributed by atoms with Gasteiger partial charge in [0.15, 0.2) is 5.79 Å². The Kier molecular flexibility index (Phi) is 3.30. The lowest BCUT2D eigenvalue weighted by Crippen LogP contribution is -2.60. The Morgan fingerprint density at radius 3 is 2.41 bits per heavy atom. The monoisotopic (exact) mass is 308 g/mol. The first kappa shape index (κ1) is 15.4. The topological polar surface area (TPSA) is 60.7 Å². The lowest BCUT2D eigenvalue weighted by Gasteiger charge is -2.61. The highest BCUT2D eigenvalue weighted by molar-refractivity contribution is 5.09. The van der Waals surface area contributed by atoms with Crippen molar-refractivity contribution in [2.45, 2.75) is 83.5 Å². The molecule has 3 N–H and O–H groups in total. The summed E-state index contributed by atoms with van der Waals surface area (Å²) < 4.78 is 0. The van der Waals surface area contributed by atoms with Gasteiger partial charge in [0.05, 0.1) is 0 Å². The summed E-state index contributed by atoms with van der Waals surface area (Å²) in [6.45, 7) is 4.85. The van der Waals surface area contributed by atoms with Crippen molar-refractivity contribution < 1.29 is 15.3 Å². The molecule has 0 aromatic carbocycles. The molecule has 22 heavy (non-hydrogen) atoms. The maximum absolute atomic E-state index is 10.3. The number of hydrogen-bond donors (Lipinski definition) is 3. The first-order valence-corrected chi connectivity index (χ1v) is 9.39. The minimum absolute atomic E-state index is 0.0984. The standard InChI is InChI=1S/C19H32O3/c1-17-8-3-4-14(17)13-6-5-12-10-19(21,22)16(20)11-18(12,2)15(13)7-9-17/h12-16,20-22H,3-11H2,1-2H3/t12?,13-,14-,15-,16?,17-,18-/m0/s1. The minimum Gasteiger partial charge on any atom is -0.388 e. The molecule has 4 aliphatic rings. The van der Waals surface area contributed by atoms with E-state index in [0.717, 1.165) is 18.3 Å². The lowest BCUT2D eigenvalue weighted by molar-refractivity contribution is -0.283. The van der Waals surface area contributed by atoms with E-state index < -0.39 is 11.9 Å². The van der Waals surface area contributed by atoms with E-state index >= 15 is 0 Å². The molecule has 0 bridgehead atoms. The first-order chi connectivity index (χ1) is 10.3. The zero-order valence-electron chi connectivity index (χ0n) is 14.1. The summed E-state index contributed by atoms with van der Waals surface area (Å²) >= 11 is 0. The molecule has 7 atom stereocenters. The maximum Gasteiger partial charge on any atom is 0.189 e. The molecule has 0 saturated heterocycles. The van der Waals surface area contributed by atoms with Gasteiger partial charge in [-0.3, -0.25) is 0 Å². The number of hydrogen-bond acceptors (Lipinski definition) is 3. The molecule has 0 radical (unpaired) electrons. The van der Waals surface area contributed by atoms with Gasteiger partial charge in [-0.15, -0.1) is 0 Å². The molecule has 4 aliphatic carbocycles. The van der Waals surface area contributed by atoms with E-state index in [1.54, 1.807) is 0 Å². The smallest absolute Gasteiger partial charge is 0.189 e. The number of fused-ring (bicyclic) bond motifs is 5. The molecule has 0 aliphatic heterocycles. The third-order valence-electron chi connectivity index (χ3n) is 8.56. The highest BCUT2D eigenvalue weighted by Crippen LogP contribution is 2.66. The van der Waals surface area contributed by atoms with Crippen LogP contribution in [0.5, 0.6) is 0 Å². The summed E-state index contributed by atoms with van der Waals surface area (Å²) in [5.74, 6) is 0.842. The van der Waals surface area contributed by atoms with Gasteiger partial charge < -0.3 is 15.3 Å². The van der Waals surface area contributed by atoms with E-state index in [4.69, 9.17) is 0 Å². The summed E-state index contributed by atoms with van der Waals surface area (Å²) in [5, 5.41) is 30.4. The van der Waals surface area contributed by atoms with E-state index in [-0.39, 0.29) is 5.41 Å². The van der Waals surface area contributed by atoms with Crippen LogP contribution in [0.15, 0.2) is 0 Å². The van der Waals surface area contributed by atoms with Crippen molar-refractivity contribution >= 4 is 0 Å². The second-order valence-corrected chi connectivity index (χ2v) is 9.54. The van der Waals surface area contributed by atoms with Crippen LogP contribution in [0.1, 0.15) is 71.6 Å². The van der Waals surface area contributed by atoms with Crippen molar-refractivity contribution in [3.8, 4) is 0 Å². The molecule has 4 fully saturated rings. The van der Waals surface area contributed by atoms with Gasteiger partial charge >= 0.3 is 0 Å². The Balaban J connectivity index is 1.64. The Morgan fingerprint density at radius 2 is 1.64 bits per heavy atom. The normalized spacial score (nSPS) is 56.9. The van der Waals surface area contributed by atoms with Crippen LogP contribution in [0.3, 0.4) is 0 Å². The third-order valence-corrected chi connectivity index (χ3v) is 8.56. The van der Waals surface area contributed by atoms with Gasteiger partial charge in [0.25, 0.3) is 0 Å². The molecular formula is C19H32O3. The van der Waals surface area contributed by atoms with Crippen molar-refractivity contribution in [2.24, 2.45) is 34.5 Å². The van der Waals surface area contributed by atoms with Crippen LogP contribution < -0.4 is 0 Å². The van der Waals surface area contributed by atoms with Gasteiger partial charge in [-0.25, -0.2) is 0 Å². The number of rotatable bonds is 0. The second-order valence-electron chi connectivity index (χ2n) is 9.54. The van der Waals surface area contributed by atoms with Gasteiger partial charge in [-0.1, -0.05) is 20.3 Å². The van der Waals surface area contributed by atoms with E-state index in [9.17, 15) is 15.3 Å². The third kappa shape index (κ3) is 1.98. The zero-order valence-corrected chi connectivity index (χ0v) is 14.1. The van der Waals surface area contributed by atoms with Gasteiger partial charge in [-0.2, -0.15) is 0 Å². The van der Waals surface area contributed by atoms with Gasteiger partial charge in [-0.05, 0) is 79.4 Å². The lowest BCUT2D eigenvalue weighted by atomic mass is 9.44. The van der Waals surface area contributed by atoms with Gasteiger partial charge in [0.1, 0.15) is 6.10 Å². The highest BCUT2D eigenvalue weighted by Gasteiger charge is 2.61. The molecule has 3 heteroatoms. The van der Waals surface area contributed by atoms with Crippen LogP contribution in [0.25, 0.3) is 0 Å². The summed E-state index contributed by atoms with van der Waals surface area (Å²) in [4.78, 5) is 0. The van der Waals surface area contributed by atoms with Crippen molar-refractivity contribution in [3.63, 3.8) is 0 Å². The molecule has 4 rings (SSSR count). The van der Waals surface area contributed by atoms with Crippen LogP contribution in [0, 0.1) is 34.5 Å². The highest BCUT2D eigenvalue weighted by atomic mass is 16.5. The minimum atomic E-state index is -1.87. The maximum atomic E-state index is 10.3. The van der Waals surface area contributed by atoms with Crippen molar-refractivity contribution in [3.05, 3.63) is 0 Å². The second kappa shape index (κ2) is 4.70. The van der Waals surface area contributed by atoms with Gasteiger partial charge in [0.2, 0.25) is 0 Å². The molecule has 126 valence electrons. The fourth-order valence-corrected chi connectivity index (χ4v) is 7.26. The van der Waals surface area contributed by atoms with Gasteiger partial charge in [0, 0.05) is 6.42 Å².